The van der Waals surface area contributed by atoms with Crippen molar-refractivity contribution in [2.45, 2.75) is 37.1 Å². The van der Waals surface area contributed by atoms with Crippen molar-refractivity contribution in [3.8, 4) is 0 Å². The molecule has 0 heterocycles. The van der Waals surface area contributed by atoms with Crippen molar-refractivity contribution in [1.29, 1.82) is 0 Å². The molecular formula is C10H15F9N2O2S. The Balaban J connectivity index is 5.47. The maximum atomic E-state index is 13.3. The predicted molar refractivity (Wildman–Crippen MR) is 65.6 cm³/mol. The zero-order valence-corrected chi connectivity index (χ0v) is 13.2. The molecule has 0 aromatic rings. The first kappa shape index (κ1) is 23.2. The average Bonchev–Trinajstić information content (AvgIpc) is 2.41. The van der Waals surface area contributed by atoms with Gasteiger partial charge >= 0.3 is 23.3 Å². The fourth-order valence-electron chi connectivity index (χ4n) is 1.50. The largest absolute Gasteiger partial charge is 0.460 e. The summed E-state index contributed by atoms with van der Waals surface area (Å²) in [5.41, 5.74) is 0. The van der Waals surface area contributed by atoms with E-state index in [1.807, 2.05) is 0 Å². The van der Waals surface area contributed by atoms with Crippen LogP contribution in [0.5, 0.6) is 0 Å². The van der Waals surface area contributed by atoms with Crippen LogP contribution in [-0.4, -0.2) is 62.8 Å². The molecule has 0 atom stereocenters. The number of hydrogen-bond donors (Lipinski definition) is 1. The second kappa shape index (κ2) is 7.23. The number of sulfonamides is 1. The maximum absolute atomic E-state index is 13.3. The molecule has 0 unspecified atom stereocenters. The van der Waals surface area contributed by atoms with Gasteiger partial charge in [-0.2, -0.15) is 39.5 Å². The second-order valence-electron chi connectivity index (χ2n) is 4.59. The van der Waals surface area contributed by atoms with Crippen LogP contribution in [0.4, 0.5) is 39.5 Å². The van der Waals surface area contributed by atoms with Gasteiger partial charge in [0.2, 0.25) is 0 Å². The van der Waals surface area contributed by atoms with Gasteiger partial charge in [0.15, 0.2) is 0 Å². The molecule has 0 aromatic carbocycles. The van der Waals surface area contributed by atoms with E-state index in [1.165, 1.54) is 4.90 Å². The molecule has 0 saturated carbocycles. The third-order valence-electron chi connectivity index (χ3n) is 3.07. The lowest BCUT2D eigenvalue weighted by Gasteiger charge is -2.33. The van der Waals surface area contributed by atoms with E-state index in [-0.39, 0.29) is 6.54 Å². The summed E-state index contributed by atoms with van der Waals surface area (Å²) >= 11 is 0. The van der Waals surface area contributed by atoms with Crippen molar-refractivity contribution in [2.24, 2.45) is 0 Å². The molecule has 146 valence electrons. The van der Waals surface area contributed by atoms with Crippen molar-refractivity contribution in [2.75, 3.05) is 26.2 Å². The predicted octanol–water partition coefficient (Wildman–Crippen LogP) is 2.67. The molecule has 0 amide bonds. The van der Waals surface area contributed by atoms with Crippen LogP contribution in [0.25, 0.3) is 0 Å². The Morgan fingerprint density at radius 2 is 1.25 bits per heavy atom. The standard InChI is InChI=1S/C10H15F9N2O2S/c1-3-21(4-2)6-5-20-24(22,23)10(18,19)8(13,14)7(11,12)9(15,16)17/h20H,3-6H2,1-2H3. The summed E-state index contributed by atoms with van der Waals surface area (Å²) in [7, 11) is -6.51. The minimum absolute atomic E-state index is 0.246. The molecule has 14 heteroatoms. The fraction of sp³-hybridized carbons (Fsp3) is 1.00. The first-order chi connectivity index (χ1) is 10.5. The van der Waals surface area contributed by atoms with E-state index in [9.17, 15) is 47.9 Å². The van der Waals surface area contributed by atoms with E-state index in [0.717, 1.165) is 4.72 Å². The SMILES string of the molecule is CCN(CC)CCNS(=O)(=O)C(F)(F)C(F)(F)C(F)(F)C(F)(F)F. The smallest absolute Gasteiger partial charge is 0.303 e. The summed E-state index contributed by atoms with van der Waals surface area (Å²) in [4.78, 5) is 1.46. The first-order valence-corrected chi connectivity index (χ1v) is 7.89. The normalized spacial score (nSPS) is 15.2. The molecule has 0 spiro atoms. The van der Waals surface area contributed by atoms with Crippen molar-refractivity contribution in [3.05, 3.63) is 0 Å². The molecular weight excluding hydrogens is 383 g/mol. The van der Waals surface area contributed by atoms with Crippen LogP contribution in [0.1, 0.15) is 13.8 Å². The molecule has 0 aliphatic carbocycles. The number of nitrogens with one attached hydrogen (secondary N) is 1. The summed E-state index contributed by atoms with van der Waals surface area (Å²) in [5.74, 6) is -14.5. The quantitative estimate of drug-likeness (QED) is 0.608. The minimum atomic E-state index is -7.25. The van der Waals surface area contributed by atoms with Gasteiger partial charge in [-0.1, -0.05) is 13.8 Å². The van der Waals surface area contributed by atoms with Crippen LogP contribution in [0, 0.1) is 0 Å². The van der Waals surface area contributed by atoms with Crippen LogP contribution in [0.3, 0.4) is 0 Å². The molecule has 0 rings (SSSR count). The zero-order valence-electron chi connectivity index (χ0n) is 12.4. The number of hydrogen-bond acceptors (Lipinski definition) is 3. The number of nitrogens with zero attached hydrogens (tertiary/aromatic N) is 1. The molecule has 0 bridgehead atoms. The maximum Gasteiger partial charge on any atom is 0.460 e. The Bertz CT molecular complexity index is 515. The van der Waals surface area contributed by atoms with Gasteiger partial charge in [0.25, 0.3) is 10.0 Å². The number of alkyl halides is 9. The number of halogens is 9. The number of rotatable bonds is 9. The minimum Gasteiger partial charge on any atom is -0.303 e. The highest BCUT2D eigenvalue weighted by Crippen LogP contribution is 2.54. The highest BCUT2D eigenvalue weighted by atomic mass is 32.2. The lowest BCUT2D eigenvalue weighted by molar-refractivity contribution is -0.382. The molecule has 0 saturated heterocycles. The van der Waals surface area contributed by atoms with Crippen LogP contribution in [-0.2, 0) is 10.0 Å². The van der Waals surface area contributed by atoms with Crippen molar-refractivity contribution in [3.63, 3.8) is 0 Å². The zero-order chi connectivity index (χ0) is 19.6. The van der Waals surface area contributed by atoms with E-state index in [2.05, 4.69) is 0 Å². The Morgan fingerprint density at radius 1 is 0.833 bits per heavy atom. The Morgan fingerprint density at radius 3 is 1.58 bits per heavy atom. The molecule has 24 heavy (non-hydrogen) atoms. The lowest BCUT2D eigenvalue weighted by Crippen LogP contribution is -2.65. The molecule has 0 radical (unpaired) electrons. The fourth-order valence-corrected chi connectivity index (χ4v) is 2.51. The summed E-state index contributed by atoms with van der Waals surface area (Å²) in [6.07, 6.45) is -7.07. The number of likely N-dealkylation sites (N-methyl/N-ethyl adjacent to an activating group) is 1. The van der Waals surface area contributed by atoms with Gasteiger partial charge in [-0.05, 0) is 13.1 Å². The average molecular weight is 398 g/mol. The Kier molecular flexibility index (Phi) is 7.01. The van der Waals surface area contributed by atoms with Gasteiger partial charge in [0, 0.05) is 13.1 Å². The molecule has 4 nitrogen and oxygen atoms in total. The first-order valence-electron chi connectivity index (χ1n) is 6.41. The summed E-state index contributed by atoms with van der Waals surface area (Å²) < 4.78 is 137. The summed E-state index contributed by atoms with van der Waals surface area (Å²) in [6.45, 7) is 2.74. The van der Waals surface area contributed by atoms with Gasteiger partial charge in [-0.25, -0.2) is 13.1 Å². The molecule has 0 fully saturated rings. The van der Waals surface area contributed by atoms with Crippen molar-refractivity contribution >= 4 is 10.0 Å². The van der Waals surface area contributed by atoms with Gasteiger partial charge in [0.05, 0.1) is 0 Å². The molecule has 0 aliphatic heterocycles. The van der Waals surface area contributed by atoms with Gasteiger partial charge in [-0.15, -0.1) is 0 Å². The van der Waals surface area contributed by atoms with Gasteiger partial charge in [-0.3, -0.25) is 0 Å². The van der Waals surface area contributed by atoms with E-state index in [4.69, 9.17) is 0 Å². The summed E-state index contributed by atoms with van der Waals surface area (Å²) in [6, 6.07) is 0. The Hall–Kier alpha value is -0.760. The molecule has 0 aliphatic rings. The van der Waals surface area contributed by atoms with Gasteiger partial charge in [0.1, 0.15) is 0 Å². The van der Waals surface area contributed by atoms with Crippen LogP contribution >= 0.6 is 0 Å². The monoisotopic (exact) mass is 398 g/mol. The lowest BCUT2D eigenvalue weighted by atomic mass is 10.1. The van der Waals surface area contributed by atoms with E-state index in [0.29, 0.717) is 13.1 Å². The molecule has 0 aromatic heterocycles. The topological polar surface area (TPSA) is 49.4 Å². The highest BCUT2D eigenvalue weighted by molar-refractivity contribution is 7.90. The van der Waals surface area contributed by atoms with E-state index < -0.39 is 39.8 Å². The second-order valence-corrected chi connectivity index (χ2v) is 6.40. The van der Waals surface area contributed by atoms with Crippen LogP contribution in [0.15, 0.2) is 0 Å². The highest BCUT2D eigenvalue weighted by Gasteiger charge is 2.85. The van der Waals surface area contributed by atoms with Crippen LogP contribution < -0.4 is 4.72 Å². The Labute approximate surface area is 132 Å². The molecule has 1 N–H and O–H groups in total. The van der Waals surface area contributed by atoms with E-state index in [1.54, 1.807) is 13.8 Å². The van der Waals surface area contributed by atoms with Crippen LogP contribution in [0.2, 0.25) is 0 Å². The van der Waals surface area contributed by atoms with Crippen molar-refractivity contribution < 1.29 is 47.9 Å². The van der Waals surface area contributed by atoms with Gasteiger partial charge < -0.3 is 4.90 Å². The third-order valence-corrected chi connectivity index (χ3v) is 4.58. The third kappa shape index (κ3) is 4.07. The van der Waals surface area contributed by atoms with E-state index >= 15 is 0 Å². The van der Waals surface area contributed by atoms with Crippen molar-refractivity contribution in [1.82, 2.24) is 9.62 Å². The summed E-state index contributed by atoms with van der Waals surface area (Å²) in [5, 5.41) is -6.69.